The van der Waals surface area contributed by atoms with Crippen LogP contribution >= 0.6 is 0 Å². The van der Waals surface area contributed by atoms with E-state index in [4.69, 9.17) is 0 Å². The number of aromatic nitrogens is 2. The molecule has 2 aromatic heterocycles. The Hall–Kier alpha value is -5.76. The summed E-state index contributed by atoms with van der Waals surface area (Å²) in [6.07, 6.45) is 0. The molecule has 0 fully saturated rings. The molecule has 0 bridgehead atoms. The van der Waals surface area contributed by atoms with Gasteiger partial charge in [0.25, 0.3) is 5.91 Å². The number of aryl methyl sites for hydroxylation is 1. The quantitative estimate of drug-likeness (QED) is 0.302. The summed E-state index contributed by atoms with van der Waals surface area (Å²) in [6.45, 7) is 0. The highest BCUT2D eigenvalue weighted by Crippen LogP contribution is 2.36. The van der Waals surface area contributed by atoms with E-state index >= 15 is 0 Å². The van der Waals surface area contributed by atoms with Crippen molar-refractivity contribution in [3.05, 3.63) is 124 Å². The summed E-state index contributed by atoms with van der Waals surface area (Å²) >= 11 is 0. The van der Waals surface area contributed by atoms with Gasteiger partial charge in [0.15, 0.2) is 11.8 Å². The summed E-state index contributed by atoms with van der Waals surface area (Å²) in [7, 11) is 1.78. The third-order valence-corrected chi connectivity index (χ3v) is 7.45. The number of rotatable bonds is 2. The van der Waals surface area contributed by atoms with Gasteiger partial charge in [-0.2, -0.15) is 0 Å². The van der Waals surface area contributed by atoms with Gasteiger partial charge in [-0.05, 0) is 30.3 Å². The maximum absolute atomic E-state index is 12.4. The van der Waals surface area contributed by atoms with Crippen LogP contribution in [0.1, 0.15) is 21.5 Å². The number of nitrogens with zero attached hydrogens (tertiary/aromatic N) is 3. The van der Waals surface area contributed by atoms with Gasteiger partial charge in [-0.25, -0.2) is 9.98 Å². The SMILES string of the molecule is Cn1c(O)c(C2=c3ccccc3=NC2=O)c2ccccc21.O=C1C(c2c(O)[nH]c3ccccc23)=Nc2ccccc21. The number of ketones is 1. The van der Waals surface area contributed by atoms with Crippen molar-refractivity contribution in [3.8, 4) is 11.8 Å². The molecule has 0 saturated carbocycles. The zero-order chi connectivity index (χ0) is 28.2. The van der Waals surface area contributed by atoms with E-state index in [1.165, 1.54) is 0 Å². The molecule has 0 spiro atoms. The smallest absolute Gasteiger partial charge is 0.279 e. The first-order valence-electron chi connectivity index (χ1n) is 13.0. The predicted octanol–water partition coefficient (Wildman–Crippen LogP) is 4.43. The molecule has 1 amide bonds. The molecule has 2 aliphatic rings. The number of H-pyrrole nitrogens is 1. The molecule has 0 radical (unpaired) electrons. The number of aromatic hydroxyl groups is 2. The standard InChI is InChI=1S/C17H12N2O2.C16H10N2O2/c1-19-13-9-5-3-7-11(13)15(17(19)21)14-10-6-2-4-8-12(10)18-16(14)20;19-15-10-6-2-4-8-12(10)17-14(15)13-9-5-1-3-7-11(9)18-16(13)20/h2-9,21H,1H3;1-8,18,20H. The Morgan fingerprint density at radius 1 is 0.732 bits per heavy atom. The van der Waals surface area contributed by atoms with Crippen molar-refractivity contribution in [1.82, 2.24) is 9.55 Å². The lowest BCUT2D eigenvalue weighted by molar-refractivity contribution is -0.112. The summed E-state index contributed by atoms with van der Waals surface area (Å²) in [5.74, 6) is -0.388. The lowest BCUT2D eigenvalue weighted by Gasteiger charge is -2.00. The Morgan fingerprint density at radius 2 is 1.41 bits per heavy atom. The van der Waals surface area contributed by atoms with Crippen LogP contribution in [-0.2, 0) is 11.8 Å². The summed E-state index contributed by atoms with van der Waals surface area (Å²) in [6, 6.07) is 29.7. The largest absolute Gasteiger partial charge is 0.494 e. The second-order valence-corrected chi connectivity index (χ2v) is 9.78. The summed E-state index contributed by atoms with van der Waals surface area (Å²) < 4.78 is 1.69. The van der Waals surface area contributed by atoms with Gasteiger partial charge < -0.3 is 19.8 Å². The van der Waals surface area contributed by atoms with E-state index in [-0.39, 0.29) is 23.5 Å². The lowest BCUT2D eigenvalue weighted by atomic mass is 10.0. The number of aliphatic imine (C=N–C) groups is 1. The Labute approximate surface area is 232 Å². The fraction of sp³-hybridized carbons (Fsp3) is 0.0303. The Morgan fingerprint density at radius 3 is 2.24 bits per heavy atom. The van der Waals surface area contributed by atoms with Crippen LogP contribution in [0.5, 0.6) is 11.8 Å². The number of carbonyl (C=O) groups is 2. The molecule has 41 heavy (non-hydrogen) atoms. The molecule has 8 nitrogen and oxygen atoms in total. The molecule has 2 aliphatic heterocycles. The van der Waals surface area contributed by atoms with Crippen molar-refractivity contribution in [2.45, 2.75) is 0 Å². The van der Waals surface area contributed by atoms with E-state index in [1.807, 2.05) is 84.9 Å². The minimum absolute atomic E-state index is 0.0221. The molecule has 4 aromatic carbocycles. The van der Waals surface area contributed by atoms with Crippen LogP contribution < -0.4 is 10.6 Å². The maximum atomic E-state index is 12.4. The van der Waals surface area contributed by atoms with Crippen LogP contribution in [0.3, 0.4) is 0 Å². The van der Waals surface area contributed by atoms with Crippen molar-refractivity contribution in [2.75, 3.05) is 0 Å². The molecule has 198 valence electrons. The first-order chi connectivity index (χ1) is 19.9. The third-order valence-electron chi connectivity index (χ3n) is 7.45. The highest BCUT2D eigenvalue weighted by molar-refractivity contribution is 6.56. The van der Waals surface area contributed by atoms with Crippen molar-refractivity contribution in [1.29, 1.82) is 0 Å². The van der Waals surface area contributed by atoms with E-state index < -0.39 is 0 Å². The number of nitrogens with one attached hydrogen (secondary N) is 1. The summed E-state index contributed by atoms with van der Waals surface area (Å²) in [4.78, 5) is 36.1. The van der Waals surface area contributed by atoms with Gasteiger partial charge in [0, 0.05) is 34.1 Å². The second-order valence-electron chi connectivity index (χ2n) is 9.78. The van der Waals surface area contributed by atoms with Crippen molar-refractivity contribution in [2.24, 2.45) is 17.0 Å². The number of benzene rings is 4. The van der Waals surface area contributed by atoms with Crippen molar-refractivity contribution >= 4 is 50.5 Å². The minimum atomic E-state index is -0.303. The van der Waals surface area contributed by atoms with E-state index in [1.54, 1.807) is 23.7 Å². The Kier molecular flexibility index (Phi) is 5.43. The number of Topliss-reactive ketones (excluding diaryl/α,β-unsaturated/α-hetero) is 1. The van der Waals surface area contributed by atoms with Gasteiger partial charge in [0.1, 0.15) is 5.71 Å². The number of fused-ring (bicyclic) bond motifs is 4. The van der Waals surface area contributed by atoms with Crippen LogP contribution in [0.25, 0.3) is 27.4 Å². The molecule has 0 aliphatic carbocycles. The first-order valence-corrected chi connectivity index (χ1v) is 13.0. The zero-order valence-electron chi connectivity index (χ0n) is 21.8. The van der Waals surface area contributed by atoms with Gasteiger partial charge in [0.2, 0.25) is 5.78 Å². The number of hydrogen-bond donors (Lipinski definition) is 3. The van der Waals surface area contributed by atoms with Crippen LogP contribution in [-0.4, -0.2) is 37.2 Å². The van der Waals surface area contributed by atoms with Crippen LogP contribution in [0.2, 0.25) is 0 Å². The maximum Gasteiger partial charge on any atom is 0.279 e. The number of para-hydroxylation sites is 4. The molecule has 6 aromatic rings. The van der Waals surface area contributed by atoms with Crippen molar-refractivity contribution in [3.63, 3.8) is 0 Å². The highest BCUT2D eigenvalue weighted by Gasteiger charge is 2.30. The number of hydrogen-bond acceptors (Lipinski definition) is 5. The van der Waals surface area contributed by atoms with Gasteiger partial charge in [-0.1, -0.05) is 66.7 Å². The van der Waals surface area contributed by atoms with E-state index in [2.05, 4.69) is 15.0 Å². The molecule has 3 N–H and O–H groups in total. The molecule has 4 heterocycles. The molecule has 0 saturated heterocycles. The third kappa shape index (κ3) is 3.69. The zero-order valence-corrected chi connectivity index (χ0v) is 21.8. The fourth-order valence-electron chi connectivity index (χ4n) is 5.53. The Balaban J connectivity index is 0.000000135. The summed E-state index contributed by atoms with van der Waals surface area (Å²) in [5, 5.41) is 23.7. The van der Waals surface area contributed by atoms with Gasteiger partial charge >= 0.3 is 0 Å². The number of carbonyl (C=O) groups excluding carboxylic acids is 2. The fourth-order valence-corrected chi connectivity index (χ4v) is 5.53. The average Bonchev–Trinajstić information content (AvgIpc) is 3.68. The second kappa shape index (κ2) is 9.17. The molecular formula is C33H22N4O4. The number of amides is 1. The molecule has 8 heteroatoms. The van der Waals surface area contributed by atoms with E-state index in [9.17, 15) is 19.8 Å². The van der Waals surface area contributed by atoms with Crippen molar-refractivity contribution < 1.29 is 19.8 Å². The van der Waals surface area contributed by atoms with E-state index in [0.717, 1.165) is 27.0 Å². The van der Waals surface area contributed by atoms with Crippen LogP contribution in [0.4, 0.5) is 5.69 Å². The Bertz CT molecular complexity index is 2240. The lowest BCUT2D eigenvalue weighted by Crippen LogP contribution is -2.22. The monoisotopic (exact) mass is 538 g/mol. The molecule has 8 rings (SSSR count). The van der Waals surface area contributed by atoms with E-state index in [0.29, 0.717) is 39.0 Å². The predicted molar refractivity (Wildman–Crippen MR) is 156 cm³/mol. The minimum Gasteiger partial charge on any atom is -0.494 e. The highest BCUT2D eigenvalue weighted by atomic mass is 16.3. The van der Waals surface area contributed by atoms with Crippen LogP contribution in [0, 0.1) is 0 Å². The average molecular weight is 539 g/mol. The molecular weight excluding hydrogens is 516 g/mol. The normalized spacial score (nSPS) is 13.6. The van der Waals surface area contributed by atoms with Gasteiger partial charge in [-0.3, -0.25) is 9.59 Å². The first kappa shape index (κ1) is 24.3. The van der Waals surface area contributed by atoms with Crippen LogP contribution in [0.15, 0.2) is 107 Å². The number of aromatic amines is 1. The molecule has 0 atom stereocenters. The topological polar surface area (TPSA) is 120 Å². The van der Waals surface area contributed by atoms with Gasteiger partial charge in [0.05, 0.1) is 33.3 Å². The van der Waals surface area contributed by atoms with Gasteiger partial charge in [-0.15, -0.1) is 0 Å². The summed E-state index contributed by atoms with van der Waals surface area (Å²) in [5.41, 5.74) is 4.69. The molecule has 0 unspecified atom stereocenters.